The molecule has 0 bridgehead atoms. The summed E-state index contributed by atoms with van der Waals surface area (Å²) < 4.78 is 0. The Morgan fingerprint density at radius 1 is 1.55 bits per heavy atom. The normalized spacial score (nSPS) is 27.5. The van der Waals surface area contributed by atoms with E-state index in [2.05, 4.69) is 24.9 Å². The number of fused-ring (bicyclic) bond motifs is 1. The summed E-state index contributed by atoms with van der Waals surface area (Å²) in [6, 6.07) is 4.22. The second kappa shape index (κ2) is 2.33. The van der Waals surface area contributed by atoms with Crippen molar-refractivity contribution in [2.75, 3.05) is 0 Å². The summed E-state index contributed by atoms with van der Waals surface area (Å²) in [6.07, 6.45) is 3.12. The molecular weight excluding hydrogens is 134 g/mol. The molecule has 2 rings (SSSR count). The minimum absolute atomic E-state index is 0.728. The Bertz CT molecular complexity index is 267. The number of aromatic nitrogens is 1. The van der Waals surface area contributed by atoms with Crippen LogP contribution >= 0.6 is 0 Å². The second-order valence-corrected chi connectivity index (χ2v) is 3.28. The number of rotatable bonds is 1. The summed E-state index contributed by atoms with van der Waals surface area (Å²) in [5, 5.41) is 0. The van der Waals surface area contributed by atoms with Gasteiger partial charge < -0.3 is 0 Å². The van der Waals surface area contributed by atoms with Crippen LogP contribution in [0.25, 0.3) is 0 Å². The van der Waals surface area contributed by atoms with Crippen LogP contribution in [0.5, 0.6) is 0 Å². The lowest BCUT2D eigenvalue weighted by Crippen LogP contribution is -2.22. The van der Waals surface area contributed by atoms with Crippen LogP contribution in [-0.4, -0.2) is 4.98 Å². The molecule has 1 heterocycles. The quantitative estimate of drug-likeness (QED) is 0.595. The molecule has 0 amide bonds. The standard InChI is InChI=1S/C10H13N/c1-3-8-7(2)9-5-4-6-11-10(8)9/h4-8H,3H2,1-2H3. The predicted molar refractivity (Wildman–Crippen MR) is 45.7 cm³/mol. The van der Waals surface area contributed by atoms with Crippen molar-refractivity contribution in [1.82, 2.24) is 4.98 Å². The zero-order valence-corrected chi connectivity index (χ0v) is 7.04. The molecule has 0 N–H and O–H groups in total. The summed E-state index contributed by atoms with van der Waals surface area (Å²) >= 11 is 0. The van der Waals surface area contributed by atoms with Gasteiger partial charge in [-0.1, -0.05) is 19.9 Å². The van der Waals surface area contributed by atoms with Crippen molar-refractivity contribution in [1.29, 1.82) is 0 Å². The maximum Gasteiger partial charge on any atom is 0.0475 e. The maximum atomic E-state index is 4.37. The molecule has 1 nitrogen and oxygen atoms in total. The van der Waals surface area contributed by atoms with E-state index in [1.54, 1.807) is 0 Å². The van der Waals surface area contributed by atoms with E-state index in [1.165, 1.54) is 17.7 Å². The third kappa shape index (κ3) is 0.802. The van der Waals surface area contributed by atoms with Crippen molar-refractivity contribution >= 4 is 0 Å². The highest BCUT2D eigenvalue weighted by Crippen LogP contribution is 2.46. The fourth-order valence-electron chi connectivity index (χ4n) is 2.03. The molecule has 1 heteroatoms. The third-order valence-corrected chi connectivity index (χ3v) is 2.76. The van der Waals surface area contributed by atoms with Crippen LogP contribution < -0.4 is 0 Å². The molecule has 11 heavy (non-hydrogen) atoms. The van der Waals surface area contributed by atoms with Crippen molar-refractivity contribution in [3.05, 3.63) is 29.6 Å². The van der Waals surface area contributed by atoms with Crippen LogP contribution in [0.3, 0.4) is 0 Å². The van der Waals surface area contributed by atoms with Crippen LogP contribution in [0.4, 0.5) is 0 Å². The Morgan fingerprint density at radius 2 is 2.36 bits per heavy atom. The Morgan fingerprint density at radius 3 is 3.09 bits per heavy atom. The topological polar surface area (TPSA) is 12.9 Å². The monoisotopic (exact) mass is 147 g/mol. The summed E-state index contributed by atoms with van der Waals surface area (Å²) in [5.41, 5.74) is 2.79. The Labute approximate surface area is 67.5 Å². The summed E-state index contributed by atoms with van der Waals surface area (Å²) in [7, 11) is 0. The Hall–Kier alpha value is -0.850. The minimum atomic E-state index is 0.728. The second-order valence-electron chi connectivity index (χ2n) is 3.28. The van der Waals surface area contributed by atoms with Crippen molar-refractivity contribution in [3.8, 4) is 0 Å². The Balaban J connectivity index is 2.39. The van der Waals surface area contributed by atoms with Crippen LogP contribution in [0.2, 0.25) is 0 Å². The first-order valence-electron chi connectivity index (χ1n) is 4.29. The van der Waals surface area contributed by atoms with Gasteiger partial charge in [-0.2, -0.15) is 0 Å². The van der Waals surface area contributed by atoms with Crippen molar-refractivity contribution in [2.24, 2.45) is 0 Å². The average Bonchev–Trinajstić information content (AvgIpc) is 2.05. The van der Waals surface area contributed by atoms with E-state index >= 15 is 0 Å². The highest BCUT2D eigenvalue weighted by molar-refractivity contribution is 5.38. The molecule has 1 aromatic rings. The first-order valence-corrected chi connectivity index (χ1v) is 4.29. The lowest BCUT2D eigenvalue weighted by molar-refractivity contribution is 0.471. The fraction of sp³-hybridized carbons (Fsp3) is 0.500. The molecular formula is C10H13N. The molecule has 2 unspecified atom stereocenters. The van der Waals surface area contributed by atoms with E-state index in [1.807, 2.05) is 12.3 Å². The van der Waals surface area contributed by atoms with Crippen LogP contribution in [0.1, 0.15) is 43.4 Å². The van der Waals surface area contributed by atoms with Gasteiger partial charge in [-0.05, 0) is 24.0 Å². The zero-order valence-electron chi connectivity index (χ0n) is 7.04. The highest BCUT2D eigenvalue weighted by atomic mass is 14.7. The van der Waals surface area contributed by atoms with Crippen LogP contribution in [-0.2, 0) is 0 Å². The molecule has 0 saturated heterocycles. The van der Waals surface area contributed by atoms with Gasteiger partial charge in [0.1, 0.15) is 0 Å². The van der Waals surface area contributed by atoms with Gasteiger partial charge in [-0.3, -0.25) is 4.98 Å². The first kappa shape index (κ1) is 6.84. The number of hydrogen-bond acceptors (Lipinski definition) is 1. The lowest BCUT2D eigenvalue weighted by Gasteiger charge is -2.35. The van der Waals surface area contributed by atoms with Crippen molar-refractivity contribution < 1.29 is 0 Å². The summed E-state index contributed by atoms with van der Waals surface area (Å²) in [6.45, 7) is 4.52. The third-order valence-electron chi connectivity index (χ3n) is 2.76. The molecule has 0 radical (unpaired) electrons. The van der Waals surface area contributed by atoms with Crippen molar-refractivity contribution in [2.45, 2.75) is 32.1 Å². The molecule has 1 aliphatic rings. The lowest BCUT2D eigenvalue weighted by atomic mass is 9.71. The molecule has 1 aliphatic carbocycles. The predicted octanol–water partition coefficient (Wildman–Crippen LogP) is 2.69. The maximum absolute atomic E-state index is 4.37. The molecule has 2 atom stereocenters. The van der Waals surface area contributed by atoms with Gasteiger partial charge >= 0.3 is 0 Å². The van der Waals surface area contributed by atoms with Gasteiger partial charge in [0.15, 0.2) is 0 Å². The first-order chi connectivity index (χ1) is 5.34. The van der Waals surface area contributed by atoms with Gasteiger partial charge in [0.25, 0.3) is 0 Å². The number of pyridine rings is 1. The van der Waals surface area contributed by atoms with Crippen molar-refractivity contribution in [3.63, 3.8) is 0 Å². The summed E-state index contributed by atoms with van der Waals surface area (Å²) in [4.78, 5) is 4.37. The minimum Gasteiger partial charge on any atom is -0.261 e. The average molecular weight is 147 g/mol. The van der Waals surface area contributed by atoms with Gasteiger partial charge in [-0.25, -0.2) is 0 Å². The van der Waals surface area contributed by atoms with Crippen LogP contribution in [0.15, 0.2) is 18.3 Å². The van der Waals surface area contributed by atoms with Gasteiger partial charge in [0, 0.05) is 17.8 Å². The molecule has 0 spiro atoms. The van der Waals surface area contributed by atoms with E-state index in [0.717, 1.165) is 11.8 Å². The fourth-order valence-corrected chi connectivity index (χ4v) is 2.03. The van der Waals surface area contributed by atoms with E-state index in [9.17, 15) is 0 Å². The van der Waals surface area contributed by atoms with E-state index in [4.69, 9.17) is 0 Å². The van der Waals surface area contributed by atoms with Crippen LogP contribution in [0, 0.1) is 0 Å². The molecule has 58 valence electrons. The molecule has 1 aromatic heterocycles. The SMILES string of the molecule is CCC1c2ncccc2C1C. The Kier molecular flexibility index (Phi) is 1.45. The van der Waals surface area contributed by atoms with Gasteiger partial charge in [0.05, 0.1) is 0 Å². The molecule has 0 aromatic carbocycles. The van der Waals surface area contributed by atoms with Gasteiger partial charge in [-0.15, -0.1) is 0 Å². The molecule has 0 aliphatic heterocycles. The van der Waals surface area contributed by atoms with E-state index < -0.39 is 0 Å². The largest absolute Gasteiger partial charge is 0.261 e. The zero-order chi connectivity index (χ0) is 7.84. The summed E-state index contributed by atoms with van der Waals surface area (Å²) in [5.74, 6) is 1.47. The van der Waals surface area contributed by atoms with E-state index in [0.29, 0.717) is 0 Å². The number of hydrogen-bond donors (Lipinski definition) is 0. The van der Waals surface area contributed by atoms with Gasteiger partial charge in [0.2, 0.25) is 0 Å². The number of nitrogens with zero attached hydrogens (tertiary/aromatic N) is 1. The van der Waals surface area contributed by atoms with E-state index in [-0.39, 0.29) is 0 Å². The molecule has 0 saturated carbocycles. The smallest absolute Gasteiger partial charge is 0.0475 e. The molecule has 0 fully saturated rings. The highest BCUT2D eigenvalue weighted by Gasteiger charge is 2.33.